The van der Waals surface area contributed by atoms with Crippen molar-refractivity contribution in [1.82, 2.24) is 9.03 Å². The average Bonchev–Trinajstić information content (AvgIpc) is 2.29. The SMILES string of the molecule is CC1CCCCN1S(=O)(=O)NCCCCC#N. The molecular weight excluding hydrogens is 238 g/mol. The largest absolute Gasteiger partial charge is 0.279 e. The van der Waals surface area contributed by atoms with Crippen LogP contribution in [-0.2, 0) is 10.2 Å². The van der Waals surface area contributed by atoms with Gasteiger partial charge in [0.25, 0.3) is 10.2 Å². The second kappa shape index (κ2) is 6.94. The quantitative estimate of drug-likeness (QED) is 0.733. The van der Waals surface area contributed by atoms with Crippen LogP contribution in [0.15, 0.2) is 0 Å². The van der Waals surface area contributed by atoms with Crippen LogP contribution in [0.5, 0.6) is 0 Å². The minimum absolute atomic E-state index is 0.0976. The third kappa shape index (κ3) is 4.62. The Kier molecular flexibility index (Phi) is 5.89. The molecule has 0 saturated carbocycles. The number of nitriles is 1. The van der Waals surface area contributed by atoms with E-state index in [9.17, 15) is 8.42 Å². The summed E-state index contributed by atoms with van der Waals surface area (Å²) in [4.78, 5) is 0. The number of piperidine rings is 1. The van der Waals surface area contributed by atoms with Gasteiger partial charge in [0, 0.05) is 25.6 Å². The van der Waals surface area contributed by atoms with E-state index in [4.69, 9.17) is 5.26 Å². The Morgan fingerprint density at radius 3 is 2.82 bits per heavy atom. The van der Waals surface area contributed by atoms with Gasteiger partial charge in [0.15, 0.2) is 0 Å². The highest BCUT2D eigenvalue weighted by Crippen LogP contribution is 2.18. The Bertz CT molecular complexity index is 361. The maximum atomic E-state index is 12.0. The molecule has 5 nitrogen and oxygen atoms in total. The van der Waals surface area contributed by atoms with Crippen molar-refractivity contribution in [3.63, 3.8) is 0 Å². The molecule has 6 heteroatoms. The van der Waals surface area contributed by atoms with Crippen LogP contribution in [0.2, 0.25) is 0 Å². The Morgan fingerprint density at radius 2 is 2.18 bits per heavy atom. The number of rotatable bonds is 6. The van der Waals surface area contributed by atoms with Crippen LogP contribution in [0, 0.1) is 11.3 Å². The van der Waals surface area contributed by atoms with Crippen molar-refractivity contribution in [2.45, 2.75) is 51.5 Å². The lowest BCUT2D eigenvalue weighted by Gasteiger charge is -2.32. The Morgan fingerprint density at radius 1 is 1.41 bits per heavy atom. The van der Waals surface area contributed by atoms with Crippen LogP contribution in [0.3, 0.4) is 0 Å². The zero-order chi connectivity index (χ0) is 12.7. The summed E-state index contributed by atoms with van der Waals surface area (Å²) >= 11 is 0. The molecule has 1 fully saturated rings. The van der Waals surface area contributed by atoms with Gasteiger partial charge in [0.2, 0.25) is 0 Å². The number of hydrogen-bond donors (Lipinski definition) is 1. The van der Waals surface area contributed by atoms with Gasteiger partial charge in [-0.05, 0) is 32.6 Å². The van der Waals surface area contributed by atoms with Gasteiger partial charge in [-0.1, -0.05) is 6.42 Å². The van der Waals surface area contributed by atoms with E-state index >= 15 is 0 Å². The van der Waals surface area contributed by atoms with E-state index in [1.165, 1.54) is 0 Å². The topological polar surface area (TPSA) is 73.2 Å². The number of unbranched alkanes of at least 4 members (excludes halogenated alkanes) is 2. The third-order valence-corrected chi connectivity index (χ3v) is 4.78. The van der Waals surface area contributed by atoms with Crippen LogP contribution in [-0.4, -0.2) is 31.9 Å². The highest BCUT2D eigenvalue weighted by Gasteiger charge is 2.28. The summed E-state index contributed by atoms with van der Waals surface area (Å²) in [5.74, 6) is 0. The molecular formula is C11H21N3O2S. The summed E-state index contributed by atoms with van der Waals surface area (Å²) in [6.45, 7) is 3.00. The van der Waals surface area contributed by atoms with Crippen LogP contribution in [0.1, 0.15) is 45.4 Å². The molecule has 1 atom stereocenters. The highest BCUT2D eigenvalue weighted by atomic mass is 32.2. The Hall–Kier alpha value is -0.640. The van der Waals surface area contributed by atoms with Gasteiger partial charge in [-0.3, -0.25) is 0 Å². The van der Waals surface area contributed by atoms with Crippen molar-refractivity contribution in [3.8, 4) is 6.07 Å². The predicted molar refractivity (Wildman–Crippen MR) is 66.4 cm³/mol. The maximum Gasteiger partial charge on any atom is 0.279 e. The summed E-state index contributed by atoms with van der Waals surface area (Å²) < 4.78 is 28.1. The summed E-state index contributed by atoms with van der Waals surface area (Å²) in [6, 6.07) is 2.15. The van der Waals surface area contributed by atoms with Gasteiger partial charge < -0.3 is 0 Å². The summed E-state index contributed by atoms with van der Waals surface area (Å²) in [7, 11) is -3.32. The number of nitrogens with zero attached hydrogens (tertiary/aromatic N) is 2. The molecule has 0 aromatic rings. The van der Waals surface area contributed by atoms with Crippen LogP contribution in [0.25, 0.3) is 0 Å². The minimum atomic E-state index is -3.32. The molecule has 1 saturated heterocycles. The molecule has 0 spiro atoms. The minimum Gasteiger partial charge on any atom is -0.202 e. The molecule has 0 amide bonds. The van der Waals surface area contributed by atoms with Gasteiger partial charge in [0.05, 0.1) is 6.07 Å². The molecule has 1 aliphatic heterocycles. The van der Waals surface area contributed by atoms with Crippen molar-refractivity contribution in [2.75, 3.05) is 13.1 Å². The van der Waals surface area contributed by atoms with Crippen molar-refractivity contribution < 1.29 is 8.42 Å². The van der Waals surface area contributed by atoms with E-state index < -0.39 is 10.2 Å². The van der Waals surface area contributed by atoms with Gasteiger partial charge in [-0.2, -0.15) is 18.0 Å². The molecule has 0 aromatic heterocycles. The first-order chi connectivity index (χ1) is 8.08. The first-order valence-electron chi connectivity index (χ1n) is 6.21. The fraction of sp³-hybridized carbons (Fsp3) is 0.909. The summed E-state index contributed by atoms with van der Waals surface area (Å²) in [5.41, 5.74) is 0. The number of hydrogen-bond acceptors (Lipinski definition) is 3. The monoisotopic (exact) mass is 259 g/mol. The Labute approximate surface area is 104 Å². The molecule has 17 heavy (non-hydrogen) atoms. The first-order valence-corrected chi connectivity index (χ1v) is 7.65. The lowest BCUT2D eigenvalue weighted by atomic mass is 10.1. The number of nitrogens with one attached hydrogen (secondary N) is 1. The van der Waals surface area contributed by atoms with E-state index in [1.807, 2.05) is 13.0 Å². The van der Waals surface area contributed by atoms with Crippen molar-refractivity contribution in [2.24, 2.45) is 0 Å². The molecule has 0 aliphatic carbocycles. The third-order valence-electron chi connectivity index (χ3n) is 3.05. The van der Waals surface area contributed by atoms with Crippen LogP contribution in [0.4, 0.5) is 0 Å². The zero-order valence-electron chi connectivity index (χ0n) is 10.4. The molecule has 0 bridgehead atoms. The molecule has 98 valence electrons. The normalized spacial score (nSPS) is 22.2. The van der Waals surface area contributed by atoms with Crippen molar-refractivity contribution in [1.29, 1.82) is 5.26 Å². The fourth-order valence-electron chi connectivity index (χ4n) is 2.04. The zero-order valence-corrected chi connectivity index (χ0v) is 11.2. The smallest absolute Gasteiger partial charge is 0.202 e. The van der Waals surface area contributed by atoms with E-state index in [0.29, 0.717) is 19.5 Å². The lowest BCUT2D eigenvalue weighted by molar-refractivity contribution is 0.265. The fourth-order valence-corrected chi connectivity index (χ4v) is 3.56. The van der Waals surface area contributed by atoms with E-state index in [1.54, 1.807) is 4.31 Å². The molecule has 1 heterocycles. The lowest BCUT2D eigenvalue weighted by Crippen LogP contribution is -2.48. The van der Waals surface area contributed by atoms with Crippen LogP contribution < -0.4 is 4.72 Å². The average molecular weight is 259 g/mol. The Balaban J connectivity index is 2.37. The summed E-state index contributed by atoms with van der Waals surface area (Å²) in [5, 5.41) is 8.37. The molecule has 1 N–H and O–H groups in total. The molecule has 0 radical (unpaired) electrons. The van der Waals surface area contributed by atoms with E-state index in [0.717, 1.165) is 32.1 Å². The summed E-state index contributed by atoms with van der Waals surface area (Å²) in [6.07, 6.45) is 4.94. The predicted octanol–water partition coefficient (Wildman–Crippen LogP) is 1.39. The second-order valence-corrected chi connectivity index (χ2v) is 6.18. The molecule has 1 rings (SSSR count). The molecule has 0 aromatic carbocycles. The highest BCUT2D eigenvalue weighted by molar-refractivity contribution is 7.87. The van der Waals surface area contributed by atoms with Gasteiger partial charge in [0.1, 0.15) is 0 Å². The van der Waals surface area contributed by atoms with Gasteiger partial charge >= 0.3 is 0 Å². The second-order valence-electron chi connectivity index (χ2n) is 4.47. The molecule has 1 unspecified atom stereocenters. The molecule has 1 aliphatic rings. The first kappa shape index (κ1) is 14.4. The van der Waals surface area contributed by atoms with Crippen molar-refractivity contribution >= 4 is 10.2 Å². The standard InChI is InChI=1S/C11H21N3O2S/c1-11-7-3-6-10-14(11)17(15,16)13-9-5-2-4-8-12/h11,13H,2-7,9-10H2,1H3. The van der Waals surface area contributed by atoms with E-state index in [-0.39, 0.29) is 6.04 Å². The van der Waals surface area contributed by atoms with Gasteiger partial charge in [-0.15, -0.1) is 0 Å². The van der Waals surface area contributed by atoms with Gasteiger partial charge in [-0.25, -0.2) is 4.72 Å². The van der Waals surface area contributed by atoms with E-state index in [2.05, 4.69) is 4.72 Å². The van der Waals surface area contributed by atoms with Crippen LogP contribution >= 0.6 is 0 Å². The van der Waals surface area contributed by atoms with Crippen molar-refractivity contribution in [3.05, 3.63) is 0 Å². The maximum absolute atomic E-state index is 12.0.